The van der Waals surface area contributed by atoms with Gasteiger partial charge in [-0.3, -0.25) is 4.40 Å². The normalized spacial score (nSPS) is 11.6. The molecule has 0 fully saturated rings. The lowest BCUT2D eigenvalue weighted by Gasteiger charge is -2.19. The number of aromatic amines is 1. The zero-order valence-corrected chi connectivity index (χ0v) is 25.7. The first-order chi connectivity index (χ1) is 20.5. The molecule has 3 aromatic rings. The number of carboxylic acids is 2. The summed E-state index contributed by atoms with van der Waals surface area (Å²) < 4.78 is 76.3. The second-order valence-corrected chi connectivity index (χ2v) is 11.1. The number of hydrogen-bond donors (Lipinski definition) is 4. The number of esters is 2. The average Bonchev–Trinajstić information content (AvgIpc) is 3.53. The van der Waals surface area contributed by atoms with Crippen LogP contribution in [0.1, 0.15) is 77.3 Å². The summed E-state index contributed by atoms with van der Waals surface area (Å²) in [6.07, 6.45) is -5.65. The topological polar surface area (TPSA) is 172 Å². The Morgan fingerprint density at radius 2 is 1.49 bits per heavy atom. The van der Waals surface area contributed by atoms with Crippen molar-refractivity contribution < 1.29 is 65.2 Å². The molecule has 45 heavy (non-hydrogen) atoms. The summed E-state index contributed by atoms with van der Waals surface area (Å²) in [5.41, 5.74) is 2.19. The lowest BCUT2D eigenvalue weighted by molar-refractivity contribution is -0.193. The molecular weight excluding hydrogens is 642 g/mol. The molecule has 3 heterocycles. The van der Waals surface area contributed by atoms with Crippen LogP contribution in [0.5, 0.6) is 0 Å². The van der Waals surface area contributed by atoms with Crippen LogP contribution in [0.3, 0.4) is 0 Å². The Bertz CT molecular complexity index is 1430. The van der Waals surface area contributed by atoms with E-state index in [1.807, 2.05) is 51.4 Å². The van der Waals surface area contributed by atoms with E-state index in [-0.39, 0.29) is 6.61 Å². The van der Waals surface area contributed by atoms with Crippen molar-refractivity contribution >= 4 is 40.2 Å². The lowest BCUT2D eigenvalue weighted by atomic mass is 10.1. The van der Waals surface area contributed by atoms with Gasteiger partial charge in [0.1, 0.15) is 11.3 Å². The standard InChI is InChI=1S/C22H30N4O4S.2C2HF3O2/c1-7-15-17(19(27)29-8-2)16(25-18(15)20(28)30-22(4,5)6)10-23-9-14-12-26-11-13(3)31-21(26)24-14;2*3-2(4,5)1(6)7/h11-12,23,25H,7-10H2,1-6H3;2*(H,6,7). The number of thiazole rings is 1. The van der Waals surface area contributed by atoms with E-state index in [0.717, 1.165) is 10.7 Å². The fourth-order valence-corrected chi connectivity index (χ4v) is 4.22. The largest absolute Gasteiger partial charge is 0.490 e. The number of carbonyl (C=O) groups excluding carboxylic acids is 2. The maximum Gasteiger partial charge on any atom is 0.490 e. The minimum atomic E-state index is -5.08. The van der Waals surface area contributed by atoms with Crippen LogP contribution < -0.4 is 5.32 Å². The van der Waals surface area contributed by atoms with Gasteiger partial charge in [0.15, 0.2) is 4.96 Å². The predicted octanol–water partition coefficient (Wildman–Crippen LogP) is 5.28. The molecule has 252 valence electrons. The van der Waals surface area contributed by atoms with E-state index in [0.29, 0.717) is 42.0 Å². The number of rotatable bonds is 8. The van der Waals surface area contributed by atoms with Gasteiger partial charge in [0.2, 0.25) is 0 Å². The Hall–Kier alpha value is -4.13. The number of carboxylic acid groups (broad SMARTS) is 2. The third kappa shape index (κ3) is 12.4. The maximum absolute atomic E-state index is 12.7. The van der Waals surface area contributed by atoms with Gasteiger partial charge in [-0.05, 0) is 46.6 Å². The molecule has 12 nitrogen and oxygen atoms in total. The van der Waals surface area contributed by atoms with Crippen LogP contribution in [0.25, 0.3) is 4.96 Å². The number of aryl methyl sites for hydroxylation is 1. The minimum Gasteiger partial charge on any atom is -0.475 e. The molecule has 0 saturated carbocycles. The number of aliphatic carboxylic acids is 2. The highest BCUT2D eigenvalue weighted by atomic mass is 32.1. The zero-order chi connectivity index (χ0) is 34.9. The molecule has 0 saturated heterocycles. The molecule has 3 rings (SSSR count). The summed E-state index contributed by atoms with van der Waals surface area (Å²) in [4.78, 5) is 53.1. The summed E-state index contributed by atoms with van der Waals surface area (Å²) in [6, 6.07) is 0. The number of fused-ring (bicyclic) bond motifs is 1. The summed E-state index contributed by atoms with van der Waals surface area (Å²) >= 11 is 1.64. The Balaban J connectivity index is 0.000000601. The molecule has 0 atom stereocenters. The number of carbonyl (C=O) groups is 4. The van der Waals surface area contributed by atoms with Gasteiger partial charge in [-0.15, -0.1) is 11.3 Å². The molecule has 0 aromatic carbocycles. The Morgan fingerprint density at radius 3 is 1.91 bits per heavy atom. The molecule has 4 N–H and O–H groups in total. The van der Waals surface area contributed by atoms with Crippen LogP contribution in [0.15, 0.2) is 12.4 Å². The van der Waals surface area contributed by atoms with Crippen molar-refractivity contribution in [3.63, 3.8) is 0 Å². The Morgan fingerprint density at radius 1 is 0.956 bits per heavy atom. The third-order valence-corrected chi connectivity index (χ3v) is 5.94. The quantitative estimate of drug-likeness (QED) is 0.182. The van der Waals surface area contributed by atoms with Gasteiger partial charge in [-0.25, -0.2) is 24.2 Å². The maximum atomic E-state index is 12.7. The Labute approximate surface area is 256 Å². The number of hydrogen-bond acceptors (Lipinski definition) is 9. The SMILES string of the molecule is CCOC(=O)c1c(CNCc2cn3cc(C)sc3n2)[nH]c(C(=O)OC(C)(C)C)c1CC.O=C(O)C(F)(F)F.O=C(O)C(F)(F)F. The zero-order valence-electron chi connectivity index (χ0n) is 24.9. The van der Waals surface area contributed by atoms with E-state index < -0.39 is 41.8 Å². The average molecular weight is 675 g/mol. The van der Waals surface area contributed by atoms with E-state index in [2.05, 4.69) is 15.3 Å². The first-order valence-corrected chi connectivity index (χ1v) is 13.7. The van der Waals surface area contributed by atoms with Gasteiger partial charge in [-0.1, -0.05) is 6.92 Å². The van der Waals surface area contributed by atoms with E-state index in [1.54, 1.807) is 18.3 Å². The number of ether oxygens (including phenoxy) is 2. The molecule has 0 amide bonds. The summed E-state index contributed by atoms with van der Waals surface area (Å²) in [5.74, 6) is -6.44. The summed E-state index contributed by atoms with van der Waals surface area (Å²) in [7, 11) is 0. The molecule has 0 spiro atoms. The van der Waals surface area contributed by atoms with Crippen molar-refractivity contribution in [2.24, 2.45) is 0 Å². The molecule has 19 heteroatoms. The highest BCUT2D eigenvalue weighted by molar-refractivity contribution is 7.16. The number of nitrogens with zero attached hydrogens (tertiary/aromatic N) is 2. The Kier molecular flexibility index (Phi) is 13.6. The van der Waals surface area contributed by atoms with Crippen molar-refractivity contribution in [2.45, 2.75) is 79.0 Å². The first-order valence-electron chi connectivity index (χ1n) is 12.9. The molecular formula is C26H32F6N4O8S. The number of aromatic nitrogens is 3. The fraction of sp³-hybridized carbons (Fsp3) is 0.500. The first kappa shape index (κ1) is 38.9. The third-order valence-electron chi connectivity index (χ3n) is 5.03. The van der Waals surface area contributed by atoms with E-state index >= 15 is 0 Å². The monoisotopic (exact) mass is 674 g/mol. The second-order valence-electron chi connectivity index (χ2n) is 9.88. The fourth-order valence-electron chi connectivity index (χ4n) is 3.40. The van der Waals surface area contributed by atoms with E-state index in [4.69, 9.17) is 29.3 Å². The number of halogens is 6. The van der Waals surface area contributed by atoms with Gasteiger partial charge >= 0.3 is 36.2 Å². The van der Waals surface area contributed by atoms with Crippen molar-refractivity contribution in [3.8, 4) is 0 Å². The smallest absolute Gasteiger partial charge is 0.475 e. The number of imidazole rings is 1. The number of H-pyrrole nitrogens is 1. The van der Waals surface area contributed by atoms with Crippen molar-refractivity contribution in [1.82, 2.24) is 19.7 Å². The van der Waals surface area contributed by atoms with Crippen LogP contribution in [0.4, 0.5) is 26.3 Å². The van der Waals surface area contributed by atoms with Crippen LogP contribution in [-0.4, -0.2) is 73.0 Å². The van der Waals surface area contributed by atoms with Crippen molar-refractivity contribution in [1.29, 1.82) is 0 Å². The van der Waals surface area contributed by atoms with Gasteiger partial charge in [0.25, 0.3) is 0 Å². The minimum absolute atomic E-state index is 0.257. The van der Waals surface area contributed by atoms with Gasteiger partial charge < -0.3 is 30.0 Å². The van der Waals surface area contributed by atoms with Gasteiger partial charge in [0.05, 0.1) is 17.9 Å². The number of alkyl halides is 6. The van der Waals surface area contributed by atoms with Crippen LogP contribution in [0.2, 0.25) is 0 Å². The number of nitrogens with one attached hydrogen (secondary N) is 2. The van der Waals surface area contributed by atoms with E-state index in [1.165, 1.54) is 4.88 Å². The summed E-state index contributed by atoms with van der Waals surface area (Å²) in [5, 5.41) is 17.6. The van der Waals surface area contributed by atoms with Crippen molar-refractivity contribution in [2.75, 3.05) is 6.61 Å². The lowest BCUT2D eigenvalue weighted by Crippen LogP contribution is -2.24. The molecule has 0 unspecified atom stereocenters. The predicted molar refractivity (Wildman–Crippen MR) is 147 cm³/mol. The molecule has 0 radical (unpaired) electrons. The highest BCUT2D eigenvalue weighted by Crippen LogP contribution is 2.24. The van der Waals surface area contributed by atoms with Gasteiger partial charge in [0, 0.05) is 36.1 Å². The van der Waals surface area contributed by atoms with Crippen LogP contribution >= 0.6 is 11.3 Å². The second kappa shape index (κ2) is 15.7. The summed E-state index contributed by atoms with van der Waals surface area (Å²) in [6.45, 7) is 12.3. The molecule has 3 aromatic heterocycles. The van der Waals surface area contributed by atoms with E-state index in [9.17, 15) is 35.9 Å². The molecule has 0 aliphatic rings. The van der Waals surface area contributed by atoms with Crippen LogP contribution in [-0.2, 0) is 38.6 Å². The van der Waals surface area contributed by atoms with Gasteiger partial charge in [-0.2, -0.15) is 26.3 Å². The highest BCUT2D eigenvalue weighted by Gasteiger charge is 2.39. The molecule has 0 aliphatic heterocycles. The molecule has 0 aliphatic carbocycles. The molecule has 0 bridgehead atoms. The van der Waals surface area contributed by atoms with Crippen molar-refractivity contribution in [3.05, 3.63) is 45.5 Å². The van der Waals surface area contributed by atoms with Crippen LogP contribution in [0, 0.1) is 6.92 Å².